The van der Waals surface area contributed by atoms with E-state index in [1.165, 1.54) is 22.7 Å². The molecule has 0 aromatic carbocycles. The van der Waals surface area contributed by atoms with Crippen molar-refractivity contribution in [3.63, 3.8) is 0 Å². The molecule has 2 rings (SSSR count). The molecule has 116 valence electrons. The van der Waals surface area contributed by atoms with Crippen LogP contribution in [0.5, 0.6) is 0 Å². The number of pyridine rings is 1. The van der Waals surface area contributed by atoms with E-state index in [0.717, 1.165) is 0 Å². The summed E-state index contributed by atoms with van der Waals surface area (Å²) in [4.78, 5) is -0.267. The number of fused-ring (bicyclic) bond motifs is 1. The van der Waals surface area contributed by atoms with Crippen LogP contribution in [0.15, 0.2) is 35.4 Å². The zero-order valence-electron chi connectivity index (χ0n) is 11.6. The SMILES string of the molecule is CCOP(=O)(OCC)n1cccc2cc(S(=O)(=O)O)cc1-2. The molecule has 0 saturated carbocycles. The molecule has 21 heavy (non-hydrogen) atoms. The number of hydrogen-bond donors (Lipinski definition) is 1. The van der Waals surface area contributed by atoms with Crippen molar-refractivity contribution < 1.29 is 26.6 Å². The normalized spacial score (nSPS) is 12.9. The predicted molar refractivity (Wildman–Crippen MR) is 77.1 cm³/mol. The van der Waals surface area contributed by atoms with Crippen molar-refractivity contribution in [1.29, 1.82) is 0 Å². The van der Waals surface area contributed by atoms with Gasteiger partial charge >= 0.3 is 7.75 Å². The Morgan fingerprint density at radius 3 is 2.38 bits per heavy atom. The van der Waals surface area contributed by atoms with E-state index in [-0.39, 0.29) is 18.1 Å². The average molecular weight is 333 g/mol. The lowest BCUT2D eigenvalue weighted by molar-refractivity contribution is 0.213. The van der Waals surface area contributed by atoms with Gasteiger partial charge in [0.15, 0.2) is 0 Å². The van der Waals surface area contributed by atoms with Gasteiger partial charge in [-0.2, -0.15) is 8.42 Å². The van der Waals surface area contributed by atoms with E-state index < -0.39 is 17.9 Å². The molecule has 7 nitrogen and oxygen atoms in total. The molecule has 0 unspecified atom stereocenters. The maximum atomic E-state index is 12.8. The largest absolute Gasteiger partial charge is 0.439 e. The lowest BCUT2D eigenvalue weighted by atomic mass is 10.2. The van der Waals surface area contributed by atoms with E-state index in [1.807, 2.05) is 0 Å². The first-order valence-electron chi connectivity index (χ1n) is 6.30. The van der Waals surface area contributed by atoms with Crippen molar-refractivity contribution in [2.45, 2.75) is 18.7 Å². The highest BCUT2D eigenvalue weighted by molar-refractivity contribution is 7.85. The fourth-order valence-electron chi connectivity index (χ4n) is 1.98. The molecule has 0 bridgehead atoms. The standard InChI is InChI=1S/C12H16NO6PS/c1-3-18-20(14,19-4-2)13-7-5-6-10-8-11(9-12(10)13)21(15,16)17/h5-9H,3-4H2,1-2H3,(H,15,16,17). The summed E-state index contributed by atoms with van der Waals surface area (Å²) in [6, 6.07) is 5.77. The van der Waals surface area contributed by atoms with Gasteiger partial charge < -0.3 is 0 Å². The minimum Gasteiger partial charge on any atom is -0.292 e. The van der Waals surface area contributed by atoms with Crippen LogP contribution in [-0.2, 0) is 23.7 Å². The second kappa shape index (κ2) is 5.90. The van der Waals surface area contributed by atoms with Gasteiger partial charge in [-0.3, -0.25) is 17.9 Å². The van der Waals surface area contributed by atoms with Crippen LogP contribution in [0.25, 0.3) is 11.3 Å². The van der Waals surface area contributed by atoms with Crippen LogP contribution in [0.2, 0.25) is 0 Å². The number of rotatable bonds is 6. The van der Waals surface area contributed by atoms with Crippen LogP contribution in [0.3, 0.4) is 0 Å². The Balaban J connectivity index is 2.65. The molecule has 0 radical (unpaired) electrons. The van der Waals surface area contributed by atoms with Crippen LogP contribution in [0.4, 0.5) is 0 Å². The fourth-order valence-corrected chi connectivity index (χ4v) is 4.17. The first-order valence-corrected chi connectivity index (χ1v) is 9.24. The fraction of sp³-hybridized carbons (Fsp3) is 0.333. The molecule has 1 heterocycles. The average Bonchev–Trinajstić information content (AvgIpc) is 2.82. The van der Waals surface area contributed by atoms with E-state index in [9.17, 15) is 13.0 Å². The Kier molecular flexibility index (Phi) is 4.55. The van der Waals surface area contributed by atoms with Gasteiger partial charge in [-0.15, -0.1) is 0 Å². The van der Waals surface area contributed by atoms with E-state index in [4.69, 9.17) is 13.6 Å². The van der Waals surface area contributed by atoms with Gasteiger partial charge in [-0.1, -0.05) is 6.07 Å². The quantitative estimate of drug-likeness (QED) is 0.645. The van der Waals surface area contributed by atoms with Crippen LogP contribution < -0.4 is 0 Å². The van der Waals surface area contributed by atoms with Gasteiger partial charge in [-0.25, -0.2) is 4.57 Å². The maximum absolute atomic E-state index is 12.8. The molecule has 0 aromatic heterocycles. The second-order valence-electron chi connectivity index (χ2n) is 4.16. The summed E-state index contributed by atoms with van der Waals surface area (Å²) in [6.45, 7) is 3.71. The number of hydrogen-bond acceptors (Lipinski definition) is 5. The van der Waals surface area contributed by atoms with Gasteiger partial charge in [0, 0.05) is 11.8 Å². The van der Waals surface area contributed by atoms with Crippen LogP contribution >= 0.6 is 7.75 Å². The molecule has 2 aliphatic rings. The molecular weight excluding hydrogens is 317 g/mol. The lowest BCUT2D eigenvalue weighted by Gasteiger charge is -2.22. The molecule has 9 heteroatoms. The Morgan fingerprint density at radius 1 is 1.24 bits per heavy atom. The van der Waals surface area contributed by atoms with Crippen molar-refractivity contribution in [3.05, 3.63) is 30.5 Å². The molecule has 0 aromatic rings. The Labute approximate surface area is 123 Å². The summed E-state index contributed by atoms with van der Waals surface area (Å²) in [7, 11) is -7.95. The molecule has 1 aliphatic carbocycles. The second-order valence-corrected chi connectivity index (χ2v) is 7.47. The Hall–Kier alpha value is -1.18. The van der Waals surface area contributed by atoms with Crippen LogP contribution in [0.1, 0.15) is 13.8 Å². The zero-order chi connectivity index (χ0) is 15.7. The summed E-state index contributed by atoms with van der Waals surface area (Å²) in [6.07, 6.45) is 1.49. The van der Waals surface area contributed by atoms with Crippen molar-refractivity contribution in [2.24, 2.45) is 0 Å². The zero-order valence-corrected chi connectivity index (χ0v) is 13.3. The highest BCUT2D eigenvalue weighted by atomic mass is 32.2. The van der Waals surface area contributed by atoms with Crippen molar-refractivity contribution in [1.82, 2.24) is 4.34 Å². The molecule has 0 amide bonds. The van der Waals surface area contributed by atoms with Crippen molar-refractivity contribution in [3.8, 4) is 11.3 Å². The van der Waals surface area contributed by atoms with Gasteiger partial charge in [-0.05, 0) is 32.0 Å². The Morgan fingerprint density at radius 2 is 1.86 bits per heavy atom. The van der Waals surface area contributed by atoms with Gasteiger partial charge in [0.25, 0.3) is 10.1 Å². The molecule has 1 aliphatic heterocycles. The molecule has 1 N–H and O–H groups in total. The summed E-state index contributed by atoms with van der Waals surface area (Å²) in [5, 5.41) is 0. The molecule has 0 spiro atoms. The summed E-state index contributed by atoms with van der Waals surface area (Å²) in [5.41, 5.74) is 0.847. The van der Waals surface area contributed by atoms with Crippen LogP contribution in [0, 0.1) is 0 Å². The summed E-state index contributed by atoms with van der Waals surface area (Å²) in [5.74, 6) is 0. The highest BCUT2D eigenvalue weighted by Gasteiger charge is 2.30. The third-order valence-electron chi connectivity index (χ3n) is 2.77. The maximum Gasteiger partial charge on any atom is 0.439 e. The predicted octanol–water partition coefficient (Wildman–Crippen LogP) is 2.87. The minimum atomic E-state index is -4.34. The van der Waals surface area contributed by atoms with Crippen molar-refractivity contribution >= 4 is 17.9 Å². The van der Waals surface area contributed by atoms with E-state index >= 15 is 0 Å². The monoisotopic (exact) mass is 333 g/mol. The van der Waals surface area contributed by atoms with Crippen molar-refractivity contribution in [2.75, 3.05) is 13.2 Å². The van der Waals surface area contributed by atoms with E-state index in [0.29, 0.717) is 11.3 Å². The lowest BCUT2D eigenvalue weighted by Crippen LogP contribution is -2.07. The molecule has 0 saturated heterocycles. The number of aromatic nitrogens is 1. The van der Waals surface area contributed by atoms with Gasteiger partial charge in [0.05, 0.1) is 23.8 Å². The highest BCUT2D eigenvalue weighted by Crippen LogP contribution is 2.52. The van der Waals surface area contributed by atoms with Gasteiger partial charge in [0.1, 0.15) is 0 Å². The van der Waals surface area contributed by atoms with Gasteiger partial charge in [0.2, 0.25) is 0 Å². The summed E-state index contributed by atoms with van der Waals surface area (Å²) >= 11 is 0. The number of nitrogens with zero attached hydrogens (tertiary/aromatic N) is 1. The minimum absolute atomic E-state index is 0.173. The molecular formula is C12H16NO6PS. The van der Waals surface area contributed by atoms with E-state index in [1.54, 1.807) is 26.0 Å². The first kappa shape index (κ1) is 16.2. The van der Waals surface area contributed by atoms with Crippen LogP contribution in [-0.4, -0.2) is 30.5 Å². The smallest absolute Gasteiger partial charge is 0.292 e. The summed E-state index contributed by atoms with van der Waals surface area (Å²) < 4.78 is 56.1. The first-order chi connectivity index (χ1) is 9.81. The molecule has 0 atom stereocenters. The Bertz CT molecular complexity index is 743. The topological polar surface area (TPSA) is 94.8 Å². The third kappa shape index (κ3) is 3.20. The van der Waals surface area contributed by atoms with E-state index in [2.05, 4.69) is 0 Å². The third-order valence-corrected chi connectivity index (χ3v) is 5.65. The molecule has 0 fully saturated rings.